The Labute approximate surface area is 210 Å². The number of carbonyl (C=O) groups excluding carboxylic acids is 1. The Morgan fingerprint density at radius 3 is 2.53 bits per heavy atom. The number of aromatic nitrogens is 2. The first kappa shape index (κ1) is 23.4. The molecule has 0 radical (unpaired) electrons. The van der Waals surface area contributed by atoms with Crippen molar-refractivity contribution in [2.75, 3.05) is 4.72 Å². The van der Waals surface area contributed by atoms with Crippen LogP contribution in [-0.2, 0) is 16.6 Å². The molecule has 0 saturated heterocycles. The molecule has 0 spiro atoms. The lowest BCUT2D eigenvalue weighted by atomic mass is 10.0. The number of sulfonamides is 1. The van der Waals surface area contributed by atoms with Gasteiger partial charge in [0.15, 0.2) is 0 Å². The van der Waals surface area contributed by atoms with E-state index in [1.165, 1.54) is 6.07 Å². The summed E-state index contributed by atoms with van der Waals surface area (Å²) < 4.78 is 36.9. The Balaban J connectivity index is 1.36. The number of nitrogens with one attached hydrogen (secondary N) is 3. The Kier molecular flexibility index (Phi) is 6.08. The first-order chi connectivity index (χ1) is 17.3. The molecule has 4 aromatic carbocycles. The molecule has 9 nitrogen and oxygen atoms in total. The summed E-state index contributed by atoms with van der Waals surface area (Å²) in [6.07, 6.45) is 0. The standard InChI is InChI=1S/C25H20N6O3S2/c26-24(27)16-9-7-15(8-10-16)14-28-25(32)20-4-1-3-17-13-18(11-12-19(17)20)31-36(33,34)22-6-2-5-21-23(22)30-35-29-21/h1-13,31H,14H2,(H3,26,27)(H,28,32). The zero-order valence-electron chi connectivity index (χ0n) is 18.7. The van der Waals surface area contributed by atoms with Gasteiger partial charge in [0.25, 0.3) is 15.9 Å². The Morgan fingerprint density at radius 1 is 0.972 bits per heavy atom. The highest BCUT2D eigenvalue weighted by atomic mass is 32.2. The summed E-state index contributed by atoms with van der Waals surface area (Å²) in [6.45, 7) is 0.308. The summed E-state index contributed by atoms with van der Waals surface area (Å²) in [5, 5.41) is 11.8. The summed E-state index contributed by atoms with van der Waals surface area (Å²) in [6, 6.07) is 22.2. The first-order valence-corrected chi connectivity index (χ1v) is 13.0. The van der Waals surface area contributed by atoms with Crippen LogP contribution in [0.3, 0.4) is 0 Å². The molecule has 0 unspecified atom stereocenters. The molecule has 5 rings (SSSR count). The highest BCUT2D eigenvalue weighted by Crippen LogP contribution is 2.27. The molecule has 0 aliphatic heterocycles. The van der Waals surface area contributed by atoms with Crippen molar-refractivity contribution in [3.05, 3.63) is 95.6 Å². The molecule has 0 atom stereocenters. The summed E-state index contributed by atoms with van der Waals surface area (Å²) in [5.74, 6) is -0.271. The molecule has 5 aromatic rings. The van der Waals surface area contributed by atoms with Gasteiger partial charge in [0.2, 0.25) is 0 Å². The third-order valence-electron chi connectivity index (χ3n) is 5.63. The number of nitrogen functional groups attached to an aromatic ring is 1. The fourth-order valence-electron chi connectivity index (χ4n) is 3.83. The maximum Gasteiger partial charge on any atom is 0.264 e. The van der Waals surface area contributed by atoms with Crippen molar-refractivity contribution in [1.29, 1.82) is 5.41 Å². The Hall–Kier alpha value is -4.35. The quantitative estimate of drug-likeness (QED) is 0.190. The van der Waals surface area contributed by atoms with Gasteiger partial charge < -0.3 is 11.1 Å². The van der Waals surface area contributed by atoms with E-state index in [1.807, 2.05) is 6.07 Å². The van der Waals surface area contributed by atoms with Crippen LogP contribution in [-0.4, -0.2) is 28.9 Å². The largest absolute Gasteiger partial charge is 0.384 e. The number of amides is 1. The van der Waals surface area contributed by atoms with Crippen LogP contribution in [0.1, 0.15) is 21.5 Å². The van der Waals surface area contributed by atoms with Gasteiger partial charge in [-0.05, 0) is 46.7 Å². The number of rotatable bonds is 7. The lowest BCUT2D eigenvalue weighted by molar-refractivity contribution is 0.0952. The minimum Gasteiger partial charge on any atom is -0.384 e. The molecule has 1 amide bonds. The second-order valence-electron chi connectivity index (χ2n) is 8.03. The summed E-state index contributed by atoms with van der Waals surface area (Å²) >= 11 is 0.956. The predicted octanol–water partition coefficient (Wildman–Crippen LogP) is 3.86. The van der Waals surface area contributed by atoms with E-state index in [-0.39, 0.29) is 16.6 Å². The number of amidine groups is 1. The van der Waals surface area contributed by atoms with Crippen LogP contribution >= 0.6 is 11.7 Å². The first-order valence-electron chi connectivity index (χ1n) is 10.8. The lowest BCUT2D eigenvalue weighted by Gasteiger charge is -2.12. The van der Waals surface area contributed by atoms with Crippen molar-refractivity contribution in [1.82, 2.24) is 14.1 Å². The van der Waals surface area contributed by atoms with E-state index in [1.54, 1.807) is 66.7 Å². The number of hydrogen-bond donors (Lipinski definition) is 4. The fraction of sp³-hybridized carbons (Fsp3) is 0.0400. The van der Waals surface area contributed by atoms with Crippen LogP contribution < -0.4 is 15.8 Å². The summed E-state index contributed by atoms with van der Waals surface area (Å²) in [4.78, 5) is 13.0. The van der Waals surface area contributed by atoms with E-state index in [0.717, 1.165) is 17.3 Å². The van der Waals surface area contributed by atoms with Gasteiger partial charge in [-0.25, -0.2) is 8.42 Å². The van der Waals surface area contributed by atoms with Crippen LogP contribution in [0.5, 0.6) is 0 Å². The normalized spacial score (nSPS) is 11.4. The molecule has 0 fully saturated rings. The maximum atomic E-state index is 13.0. The van der Waals surface area contributed by atoms with E-state index in [0.29, 0.717) is 45.2 Å². The van der Waals surface area contributed by atoms with Gasteiger partial charge in [0, 0.05) is 23.4 Å². The van der Waals surface area contributed by atoms with Crippen molar-refractivity contribution in [3.63, 3.8) is 0 Å². The topological polar surface area (TPSA) is 151 Å². The van der Waals surface area contributed by atoms with E-state index < -0.39 is 10.0 Å². The SMILES string of the molecule is N=C(N)c1ccc(CNC(=O)c2cccc3cc(NS(=O)(=O)c4cccc5nsnc45)ccc23)cc1. The van der Waals surface area contributed by atoms with Crippen LogP contribution in [0.25, 0.3) is 21.8 Å². The average molecular weight is 517 g/mol. The fourth-order valence-corrected chi connectivity index (χ4v) is 5.65. The second-order valence-corrected chi connectivity index (χ2v) is 10.2. The third-order valence-corrected chi connectivity index (χ3v) is 7.59. The van der Waals surface area contributed by atoms with Crippen LogP contribution in [0.15, 0.2) is 83.8 Å². The molecular weight excluding hydrogens is 496 g/mol. The molecule has 0 aliphatic carbocycles. The van der Waals surface area contributed by atoms with E-state index >= 15 is 0 Å². The van der Waals surface area contributed by atoms with Gasteiger partial charge >= 0.3 is 0 Å². The van der Waals surface area contributed by atoms with Gasteiger partial charge in [0.05, 0.1) is 11.7 Å². The maximum absolute atomic E-state index is 13.0. The Bertz CT molecular complexity index is 1730. The van der Waals surface area contributed by atoms with Gasteiger partial charge in [0.1, 0.15) is 21.8 Å². The van der Waals surface area contributed by atoms with Gasteiger partial charge in [-0.2, -0.15) is 8.75 Å². The van der Waals surface area contributed by atoms with Gasteiger partial charge in [-0.3, -0.25) is 14.9 Å². The molecule has 0 bridgehead atoms. The second kappa shape index (κ2) is 9.36. The molecule has 1 heterocycles. The van der Waals surface area contributed by atoms with Gasteiger partial charge in [-0.15, -0.1) is 0 Å². The van der Waals surface area contributed by atoms with Crippen molar-refractivity contribution in [2.24, 2.45) is 5.73 Å². The highest BCUT2D eigenvalue weighted by Gasteiger charge is 2.20. The third kappa shape index (κ3) is 4.61. The lowest BCUT2D eigenvalue weighted by Crippen LogP contribution is -2.23. The van der Waals surface area contributed by atoms with E-state index in [2.05, 4.69) is 18.8 Å². The minimum atomic E-state index is -3.90. The molecule has 0 saturated carbocycles. The molecule has 11 heteroatoms. The molecule has 1 aromatic heterocycles. The number of carbonyl (C=O) groups is 1. The van der Waals surface area contributed by atoms with Crippen molar-refractivity contribution >= 4 is 61.0 Å². The van der Waals surface area contributed by atoms with E-state index in [4.69, 9.17) is 11.1 Å². The predicted molar refractivity (Wildman–Crippen MR) is 141 cm³/mol. The average Bonchev–Trinajstić information content (AvgIpc) is 3.36. The van der Waals surface area contributed by atoms with Crippen LogP contribution in [0, 0.1) is 5.41 Å². The number of hydrogen-bond acceptors (Lipinski definition) is 7. The number of nitrogens with zero attached hydrogens (tertiary/aromatic N) is 2. The van der Waals surface area contributed by atoms with E-state index in [9.17, 15) is 13.2 Å². The molecule has 180 valence electrons. The number of nitrogens with two attached hydrogens (primary N) is 1. The minimum absolute atomic E-state index is 0.0137. The zero-order valence-corrected chi connectivity index (χ0v) is 20.4. The smallest absolute Gasteiger partial charge is 0.264 e. The molecule has 0 aliphatic rings. The van der Waals surface area contributed by atoms with Crippen molar-refractivity contribution in [3.8, 4) is 0 Å². The van der Waals surface area contributed by atoms with Crippen molar-refractivity contribution < 1.29 is 13.2 Å². The van der Waals surface area contributed by atoms with Crippen LogP contribution in [0.2, 0.25) is 0 Å². The monoisotopic (exact) mass is 516 g/mol. The number of benzene rings is 4. The Morgan fingerprint density at radius 2 is 1.75 bits per heavy atom. The number of anilines is 1. The molecule has 5 N–H and O–H groups in total. The van der Waals surface area contributed by atoms with Gasteiger partial charge in [-0.1, -0.05) is 48.5 Å². The molecule has 36 heavy (non-hydrogen) atoms. The molecular formula is C25H20N6O3S2. The number of fused-ring (bicyclic) bond motifs is 2. The van der Waals surface area contributed by atoms with Crippen molar-refractivity contribution in [2.45, 2.75) is 11.4 Å². The van der Waals surface area contributed by atoms with Crippen LogP contribution in [0.4, 0.5) is 5.69 Å². The highest BCUT2D eigenvalue weighted by molar-refractivity contribution is 7.93. The zero-order chi connectivity index (χ0) is 25.3. The summed E-state index contributed by atoms with van der Waals surface area (Å²) in [7, 11) is -3.90. The summed E-state index contributed by atoms with van der Waals surface area (Å²) in [5.41, 5.74) is 8.65.